The number of piperazine rings is 1. The van der Waals surface area contributed by atoms with Gasteiger partial charge in [-0.25, -0.2) is 0 Å². The molecule has 0 bridgehead atoms. The number of aromatic nitrogens is 3. The number of H-pyrrole nitrogens is 2. The van der Waals surface area contributed by atoms with Crippen molar-refractivity contribution >= 4 is 46.7 Å². The van der Waals surface area contributed by atoms with E-state index in [4.69, 9.17) is 5.73 Å². The van der Waals surface area contributed by atoms with Crippen LogP contribution in [0.2, 0.25) is 0 Å². The molecule has 1 aliphatic rings. The quantitative estimate of drug-likeness (QED) is 0.422. The van der Waals surface area contributed by atoms with Crippen molar-refractivity contribution in [2.45, 2.75) is 6.92 Å². The second-order valence-electron chi connectivity index (χ2n) is 7.11. The first-order valence-corrected chi connectivity index (χ1v) is 11.3. The third kappa shape index (κ3) is 2.85. The zero-order valence-corrected chi connectivity index (χ0v) is 17.4. The summed E-state index contributed by atoms with van der Waals surface area (Å²) in [6, 6.07) is 8.18. The summed E-state index contributed by atoms with van der Waals surface area (Å²) in [5, 5.41) is 0. The van der Waals surface area contributed by atoms with E-state index in [1.54, 1.807) is 0 Å². The predicted molar refractivity (Wildman–Crippen MR) is 115 cm³/mol. The van der Waals surface area contributed by atoms with Gasteiger partial charge in [0, 0.05) is 0 Å². The number of aromatic amines is 2. The average Bonchev–Trinajstić information content (AvgIpc) is 3.34. The Hall–Kier alpha value is -2.54. The molecule has 4 heterocycles. The number of imidazole rings is 1. The van der Waals surface area contributed by atoms with Gasteiger partial charge in [-0.05, 0) is 6.54 Å². The molecule has 4 N–H and O–H groups in total. The van der Waals surface area contributed by atoms with Gasteiger partial charge < -0.3 is 0 Å². The molecule has 7 nitrogen and oxygen atoms in total. The molecule has 0 unspecified atom stereocenters. The topological polar surface area (TPSA) is 94.0 Å². The molecule has 8 heteroatoms. The summed E-state index contributed by atoms with van der Waals surface area (Å²) in [5.74, 6) is 0.534. The number of hydrogen-bond donors (Lipinski definition) is 3. The molecule has 3 aromatic heterocycles. The summed E-state index contributed by atoms with van der Waals surface area (Å²) in [5.41, 5.74) is 10.9. The van der Waals surface area contributed by atoms with Crippen molar-refractivity contribution in [2.75, 3.05) is 43.4 Å². The van der Waals surface area contributed by atoms with Crippen LogP contribution in [-0.2, 0) is 0 Å². The van der Waals surface area contributed by atoms with Gasteiger partial charge in [-0.3, -0.25) is 0 Å². The van der Waals surface area contributed by atoms with Gasteiger partial charge in [-0.1, -0.05) is 6.92 Å². The number of nitrogens with one attached hydrogen (secondary N) is 2. The monoisotopic (exact) mass is 442 g/mol. The number of rotatable bonds is 3. The van der Waals surface area contributed by atoms with Gasteiger partial charge in [0.05, 0.1) is 0 Å². The predicted octanol–water partition coefficient (Wildman–Crippen LogP) is 1.85. The first kappa shape index (κ1) is 17.6. The Morgan fingerprint density at radius 3 is 2.75 bits per heavy atom. The van der Waals surface area contributed by atoms with Crippen molar-refractivity contribution < 1.29 is 0 Å². The minimum atomic E-state index is -0.200. The van der Waals surface area contributed by atoms with Crippen LogP contribution in [-0.4, -0.2) is 67.1 Å². The van der Waals surface area contributed by atoms with Gasteiger partial charge in [-0.15, -0.1) is 0 Å². The molecule has 1 fully saturated rings. The fraction of sp³-hybridized carbons (Fsp3) is 0.300. The molecule has 1 aliphatic heterocycles. The molecule has 0 amide bonds. The maximum atomic E-state index is 12.6. The fourth-order valence-corrected chi connectivity index (χ4v) is 5.62. The maximum absolute atomic E-state index is 12.6. The van der Waals surface area contributed by atoms with Gasteiger partial charge in [0.15, 0.2) is 0 Å². The summed E-state index contributed by atoms with van der Waals surface area (Å²) in [4.78, 5) is 30.4. The molecule has 4 aromatic rings. The van der Waals surface area contributed by atoms with Crippen molar-refractivity contribution in [3.05, 3.63) is 39.6 Å². The number of nitrogen functional groups attached to an aromatic ring is 1. The van der Waals surface area contributed by atoms with E-state index in [9.17, 15) is 4.79 Å². The average molecular weight is 441 g/mol. The molecule has 0 radical (unpaired) electrons. The summed E-state index contributed by atoms with van der Waals surface area (Å²) in [7, 11) is 0. The summed E-state index contributed by atoms with van der Waals surface area (Å²) in [6.07, 6.45) is 0. The number of likely N-dealkylation sites (N-methyl/N-ethyl adjacent to an activating group) is 1. The van der Waals surface area contributed by atoms with Crippen molar-refractivity contribution in [2.24, 2.45) is 0 Å². The Labute approximate surface area is 167 Å². The van der Waals surface area contributed by atoms with Crippen molar-refractivity contribution in [1.82, 2.24) is 19.9 Å². The van der Waals surface area contributed by atoms with Crippen molar-refractivity contribution in [3.63, 3.8) is 0 Å². The third-order valence-corrected chi connectivity index (χ3v) is 7.53. The van der Waals surface area contributed by atoms with Crippen LogP contribution in [0, 0.1) is 0 Å². The van der Waals surface area contributed by atoms with Crippen LogP contribution < -0.4 is 16.2 Å². The Kier molecular flexibility index (Phi) is 4.27. The van der Waals surface area contributed by atoms with Crippen LogP contribution in [0.3, 0.4) is 0 Å². The van der Waals surface area contributed by atoms with Gasteiger partial charge in [0.2, 0.25) is 0 Å². The van der Waals surface area contributed by atoms with Crippen LogP contribution >= 0.6 is 0 Å². The number of pyridine rings is 1. The van der Waals surface area contributed by atoms with Crippen LogP contribution in [0.1, 0.15) is 6.92 Å². The molecule has 0 saturated carbocycles. The summed E-state index contributed by atoms with van der Waals surface area (Å²) < 4.78 is 1.03. The first-order chi connectivity index (χ1) is 13.6. The second kappa shape index (κ2) is 6.81. The number of benzene rings is 1. The zero-order chi connectivity index (χ0) is 19.3. The molecule has 0 aliphatic carbocycles. The standard InChI is InChI=1S/C20H22N6OSe/c1-2-25-6-8-26(9-7-25)12-3-4-13-15(11-12)23-19(22-13)16-17(21)18-14(5-10-28-18)24-20(16)27/h3-5,10-11H,2,6-9H2,1H3,(H,22,23)(H3,21,24,27). The van der Waals surface area contributed by atoms with Crippen LogP contribution in [0.25, 0.3) is 32.2 Å². The Balaban J connectivity index is 1.54. The Bertz CT molecular complexity index is 1210. The SMILES string of the molecule is CCN1CCN(c2ccc3nc(-c4c(N)c5[se]ccc5[nH]c4=O)[nH]c3c2)CC1. The van der Waals surface area contributed by atoms with E-state index < -0.39 is 0 Å². The van der Waals surface area contributed by atoms with E-state index in [0.29, 0.717) is 17.1 Å². The number of anilines is 2. The first-order valence-electron chi connectivity index (χ1n) is 9.50. The number of nitrogens with zero attached hydrogens (tertiary/aromatic N) is 3. The fourth-order valence-electron chi connectivity index (χ4n) is 3.91. The van der Waals surface area contributed by atoms with E-state index in [0.717, 1.165) is 53.5 Å². The van der Waals surface area contributed by atoms with Crippen molar-refractivity contribution in [1.29, 1.82) is 0 Å². The molecule has 0 spiro atoms. The molecule has 1 aromatic carbocycles. The van der Waals surface area contributed by atoms with E-state index >= 15 is 0 Å². The normalized spacial score (nSPS) is 15.7. The molecule has 28 heavy (non-hydrogen) atoms. The number of nitrogens with two attached hydrogens (primary N) is 1. The second-order valence-corrected chi connectivity index (χ2v) is 9.04. The van der Waals surface area contributed by atoms with Gasteiger partial charge in [-0.2, -0.15) is 0 Å². The van der Waals surface area contributed by atoms with Crippen LogP contribution in [0.4, 0.5) is 11.4 Å². The van der Waals surface area contributed by atoms with E-state index in [-0.39, 0.29) is 20.1 Å². The Morgan fingerprint density at radius 2 is 1.96 bits per heavy atom. The van der Waals surface area contributed by atoms with E-state index in [1.165, 1.54) is 5.69 Å². The van der Waals surface area contributed by atoms with Gasteiger partial charge >= 0.3 is 154 Å². The molecular formula is C20H22N6OSe. The molecule has 5 rings (SSSR count). The van der Waals surface area contributed by atoms with Crippen molar-refractivity contribution in [3.8, 4) is 11.4 Å². The zero-order valence-electron chi connectivity index (χ0n) is 15.7. The van der Waals surface area contributed by atoms with Gasteiger partial charge in [0.25, 0.3) is 0 Å². The molecule has 144 valence electrons. The summed E-state index contributed by atoms with van der Waals surface area (Å²) in [6.45, 7) is 7.51. The minimum absolute atomic E-state index is 0.151. The molecular weight excluding hydrogens is 419 g/mol. The number of hydrogen-bond acceptors (Lipinski definition) is 5. The molecule has 1 saturated heterocycles. The van der Waals surface area contributed by atoms with E-state index in [2.05, 4.69) is 48.7 Å². The van der Waals surface area contributed by atoms with E-state index in [1.807, 2.05) is 12.1 Å². The van der Waals surface area contributed by atoms with Crippen LogP contribution in [0.5, 0.6) is 0 Å². The Morgan fingerprint density at radius 1 is 1.14 bits per heavy atom. The third-order valence-electron chi connectivity index (χ3n) is 5.54. The van der Waals surface area contributed by atoms with Gasteiger partial charge in [0.1, 0.15) is 0 Å². The summed E-state index contributed by atoms with van der Waals surface area (Å²) >= 11 is 0.151. The molecule has 0 atom stereocenters. The number of fused-ring (bicyclic) bond motifs is 2. The van der Waals surface area contributed by atoms with Crippen LogP contribution in [0.15, 0.2) is 34.0 Å².